The van der Waals surface area contributed by atoms with Gasteiger partial charge in [-0.15, -0.1) is 0 Å². The molecule has 10 heteroatoms. The van der Waals surface area contributed by atoms with Gasteiger partial charge in [-0.1, -0.05) is 12.1 Å². The molecular formula is C19H22N3O6S-. The van der Waals surface area contributed by atoms with Gasteiger partial charge in [0.1, 0.15) is 5.75 Å². The summed E-state index contributed by atoms with van der Waals surface area (Å²) in [5.74, 6) is 0.945. The molecule has 1 aromatic carbocycles. The van der Waals surface area contributed by atoms with Gasteiger partial charge in [0.25, 0.3) is 0 Å². The number of piperidine rings is 1. The quantitative estimate of drug-likeness (QED) is 0.693. The summed E-state index contributed by atoms with van der Waals surface area (Å²) in [4.78, 5) is 19.2. The predicted molar refractivity (Wildman–Crippen MR) is 105 cm³/mol. The molecule has 1 amide bonds. The molecule has 1 fully saturated rings. The third-order valence-electron chi connectivity index (χ3n) is 5.16. The van der Waals surface area contributed by atoms with Crippen LogP contribution in [0.15, 0.2) is 42.6 Å². The number of methoxy groups -OCH3 is 2. The Balaban J connectivity index is 1.95. The van der Waals surface area contributed by atoms with Crippen molar-refractivity contribution in [2.45, 2.75) is 18.3 Å². The summed E-state index contributed by atoms with van der Waals surface area (Å²) in [6.45, 7) is 0.827. The highest BCUT2D eigenvalue weighted by Crippen LogP contribution is 2.39. The molecule has 1 aliphatic rings. The van der Waals surface area contributed by atoms with Crippen LogP contribution in [0.4, 0.5) is 5.82 Å². The fraction of sp³-hybridized carbons (Fsp3) is 0.368. The second-order valence-electron chi connectivity index (χ2n) is 6.72. The summed E-state index contributed by atoms with van der Waals surface area (Å²) in [6.07, 6.45) is 2.21. The SMILES string of the molecule is COc1cccc(C2(C(=O)NS(=O)(=O)[O-])CCN(c3ncccc3OC)CC2)c1. The van der Waals surface area contributed by atoms with Crippen molar-refractivity contribution in [3.63, 3.8) is 0 Å². The maximum absolute atomic E-state index is 12.9. The molecule has 0 aliphatic carbocycles. The van der Waals surface area contributed by atoms with Gasteiger partial charge in [0.2, 0.25) is 5.91 Å². The minimum Gasteiger partial charge on any atom is -0.731 e. The number of aromatic nitrogens is 1. The zero-order valence-corrected chi connectivity index (χ0v) is 16.9. The molecule has 1 N–H and O–H groups in total. The highest BCUT2D eigenvalue weighted by atomic mass is 32.2. The Morgan fingerprint density at radius 3 is 2.52 bits per heavy atom. The monoisotopic (exact) mass is 420 g/mol. The Morgan fingerprint density at radius 1 is 1.17 bits per heavy atom. The number of nitrogens with zero attached hydrogens (tertiary/aromatic N) is 2. The number of pyridine rings is 1. The summed E-state index contributed by atoms with van der Waals surface area (Å²) in [5, 5.41) is 0. The average Bonchev–Trinajstić information content (AvgIpc) is 2.72. The van der Waals surface area contributed by atoms with Crippen molar-refractivity contribution in [1.82, 2.24) is 9.71 Å². The molecule has 2 aromatic rings. The third kappa shape index (κ3) is 4.43. The lowest BCUT2D eigenvalue weighted by atomic mass is 9.72. The molecule has 3 rings (SSSR count). The zero-order valence-electron chi connectivity index (χ0n) is 16.1. The fourth-order valence-corrected chi connectivity index (χ4v) is 4.08. The summed E-state index contributed by atoms with van der Waals surface area (Å²) in [7, 11) is -1.88. The zero-order chi connectivity index (χ0) is 21.1. The first-order valence-corrected chi connectivity index (χ1v) is 10.4. The Bertz CT molecular complexity index is 987. The van der Waals surface area contributed by atoms with E-state index >= 15 is 0 Å². The van der Waals surface area contributed by atoms with Crippen molar-refractivity contribution in [2.75, 3.05) is 32.2 Å². The van der Waals surface area contributed by atoms with E-state index in [1.54, 1.807) is 54.4 Å². The molecule has 0 spiro atoms. The van der Waals surface area contributed by atoms with Crippen LogP contribution in [0.5, 0.6) is 11.5 Å². The lowest BCUT2D eigenvalue weighted by Crippen LogP contribution is -2.53. The molecule has 0 radical (unpaired) electrons. The van der Waals surface area contributed by atoms with E-state index in [0.29, 0.717) is 36.0 Å². The van der Waals surface area contributed by atoms with Crippen LogP contribution in [0.1, 0.15) is 18.4 Å². The number of amides is 1. The van der Waals surface area contributed by atoms with Gasteiger partial charge in [0.05, 0.1) is 19.6 Å². The molecule has 156 valence electrons. The fourth-order valence-electron chi connectivity index (χ4n) is 3.66. The maximum Gasteiger partial charge on any atom is 0.243 e. The molecule has 0 atom stereocenters. The summed E-state index contributed by atoms with van der Waals surface area (Å²) in [5.41, 5.74) is -0.601. The van der Waals surface area contributed by atoms with Crippen molar-refractivity contribution in [3.05, 3.63) is 48.2 Å². The number of ether oxygens (including phenoxy) is 2. The van der Waals surface area contributed by atoms with Gasteiger partial charge in [-0.25, -0.2) is 13.4 Å². The van der Waals surface area contributed by atoms with Crippen molar-refractivity contribution in [3.8, 4) is 11.5 Å². The van der Waals surface area contributed by atoms with Crippen LogP contribution < -0.4 is 19.1 Å². The van der Waals surface area contributed by atoms with E-state index < -0.39 is 21.6 Å². The van der Waals surface area contributed by atoms with E-state index in [1.807, 2.05) is 4.90 Å². The van der Waals surface area contributed by atoms with Crippen LogP contribution in [-0.4, -0.2) is 51.2 Å². The van der Waals surface area contributed by atoms with Crippen LogP contribution in [-0.2, 0) is 20.5 Å². The van der Waals surface area contributed by atoms with E-state index in [1.165, 1.54) is 7.11 Å². The lowest BCUT2D eigenvalue weighted by Gasteiger charge is -2.41. The molecule has 0 bridgehead atoms. The van der Waals surface area contributed by atoms with E-state index in [0.717, 1.165) is 0 Å². The molecule has 1 aromatic heterocycles. The Labute approximate surface area is 169 Å². The Hall–Kier alpha value is -2.85. The van der Waals surface area contributed by atoms with Gasteiger partial charge in [0, 0.05) is 19.3 Å². The van der Waals surface area contributed by atoms with Gasteiger partial charge in [-0.3, -0.25) is 9.52 Å². The normalized spacial score (nSPS) is 16.2. The molecule has 9 nitrogen and oxygen atoms in total. The first-order valence-electron chi connectivity index (χ1n) is 8.95. The predicted octanol–water partition coefficient (Wildman–Crippen LogP) is 1.21. The van der Waals surface area contributed by atoms with Crippen LogP contribution in [0.2, 0.25) is 0 Å². The van der Waals surface area contributed by atoms with Gasteiger partial charge in [-0.05, 0) is 42.7 Å². The Morgan fingerprint density at radius 2 is 1.90 bits per heavy atom. The lowest BCUT2D eigenvalue weighted by molar-refractivity contribution is -0.125. The van der Waals surface area contributed by atoms with Gasteiger partial charge in [-0.2, -0.15) is 0 Å². The van der Waals surface area contributed by atoms with Crippen LogP contribution in [0, 0.1) is 0 Å². The number of benzene rings is 1. The van der Waals surface area contributed by atoms with Crippen molar-refractivity contribution in [2.24, 2.45) is 0 Å². The standard InChI is InChI=1S/C19H23N3O6S/c1-27-15-6-3-5-14(13-15)19(18(23)21-29(24,25)26)8-11-22(12-9-19)17-16(28-2)7-4-10-20-17/h3-7,10,13H,8-9,11-12H2,1-2H3,(H,21,23)(H,24,25,26)/p-1. The molecule has 1 saturated heterocycles. The number of carbonyl (C=O) groups excluding carboxylic acids is 1. The number of rotatable bonds is 6. The molecule has 0 unspecified atom stereocenters. The average molecular weight is 420 g/mol. The second-order valence-corrected chi connectivity index (χ2v) is 7.83. The van der Waals surface area contributed by atoms with Crippen molar-refractivity contribution >= 4 is 22.0 Å². The summed E-state index contributed by atoms with van der Waals surface area (Å²) < 4.78 is 45.8. The number of anilines is 1. The van der Waals surface area contributed by atoms with E-state index in [9.17, 15) is 17.8 Å². The highest BCUT2D eigenvalue weighted by Gasteiger charge is 2.44. The first-order chi connectivity index (χ1) is 13.8. The van der Waals surface area contributed by atoms with Crippen LogP contribution >= 0.6 is 0 Å². The number of carbonyl (C=O) groups is 1. The van der Waals surface area contributed by atoms with Gasteiger partial charge in [0.15, 0.2) is 21.9 Å². The van der Waals surface area contributed by atoms with Crippen LogP contribution in [0.3, 0.4) is 0 Å². The smallest absolute Gasteiger partial charge is 0.243 e. The molecule has 2 heterocycles. The van der Waals surface area contributed by atoms with Crippen LogP contribution in [0.25, 0.3) is 0 Å². The van der Waals surface area contributed by atoms with Crippen molar-refractivity contribution in [1.29, 1.82) is 0 Å². The summed E-state index contributed by atoms with van der Waals surface area (Å²) in [6, 6.07) is 10.4. The first kappa shape index (κ1) is 20.9. The molecule has 0 saturated carbocycles. The minimum absolute atomic E-state index is 0.279. The van der Waals surface area contributed by atoms with E-state index in [2.05, 4.69) is 4.98 Å². The van der Waals surface area contributed by atoms with E-state index in [4.69, 9.17) is 9.47 Å². The minimum atomic E-state index is -4.94. The highest BCUT2D eigenvalue weighted by molar-refractivity contribution is 7.84. The molecule has 1 aliphatic heterocycles. The Kier molecular flexibility index (Phi) is 5.94. The summed E-state index contributed by atoms with van der Waals surface area (Å²) >= 11 is 0. The largest absolute Gasteiger partial charge is 0.731 e. The van der Waals surface area contributed by atoms with Gasteiger partial charge >= 0.3 is 0 Å². The number of hydrogen-bond acceptors (Lipinski definition) is 8. The van der Waals surface area contributed by atoms with E-state index in [-0.39, 0.29) is 12.8 Å². The second kappa shape index (κ2) is 8.26. The third-order valence-corrected chi connectivity index (χ3v) is 5.60. The molecule has 29 heavy (non-hydrogen) atoms. The van der Waals surface area contributed by atoms with Gasteiger partial charge < -0.3 is 18.9 Å². The number of nitrogens with one attached hydrogen (secondary N) is 1. The van der Waals surface area contributed by atoms with Crippen molar-refractivity contribution < 1.29 is 27.2 Å². The number of hydrogen-bond donors (Lipinski definition) is 1. The topological polar surface area (TPSA) is 121 Å². The molecular weight excluding hydrogens is 398 g/mol. The maximum atomic E-state index is 12.9.